The molecule has 0 bridgehead atoms. The minimum absolute atomic E-state index is 0.223. The summed E-state index contributed by atoms with van der Waals surface area (Å²) in [5, 5.41) is 2.68. The Hall–Kier alpha value is -2.24. The normalized spacial score (nSPS) is 11.4. The molecule has 0 radical (unpaired) electrons. The van der Waals surface area contributed by atoms with E-state index in [2.05, 4.69) is 21.2 Å². The first-order valence-electron chi connectivity index (χ1n) is 9.39. The smallest absolute Gasteiger partial charge is 0.329 e. The van der Waals surface area contributed by atoms with E-state index in [0.717, 1.165) is 3.79 Å². The fraction of sp³-hybridized carbons (Fsp3) is 0.381. The number of carbonyl (C=O) groups is 3. The molecule has 0 spiro atoms. The van der Waals surface area contributed by atoms with Crippen molar-refractivity contribution in [2.45, 2.75) is 12.5 Å². The van der Waals surface area contributed by atoms with Gasteiger partial charge < -0.3 is 24.3 Å². The van der Waals surface area contributed by atoms with Crippen molar-refractivity contribution in [1.82, 2.24) is 5.32 Å². The van der Waals surface area contributed by atoms with Crippen LogP contribution in [0.1, 0.15) is 26.5 Å². The van der Waals surface area contributed by atoms with Crippen LogP contribution < -0.4 is 19.5 Å². The SMILES string of the molecule is COc1cc(C(=O)N[C@@H](CCSC)C(=O)OCC(=O)c2ccc(Br)s2)cc(OC)c1OC. The van der Waals surface area contributed by atoms with Gasteiger partial charge in [0.2, 0.25) is 11.5 Å². The maximum Gasteiger partial charge on any atom is 0.329 e. The van der Waals surface area contributed by atoms with E-state index in [0.29, 0.717) is 34.3 Å². The van der Waals surface area contributed by atoms with Gasteiger partial charge in [-0.1, -0.05) is 0 Å². The number of ketones is 1. The lowest BCUT2D eigenvalue weighted by Crippen LogP contribution is -2.42. The van der Waals surface area contributed by atoms with Gasteiger partial charge in [0.1, 0.15) is 6.04 Å². The molecular formula is C21H24BrNO7S2. The van der Waals surface area contributed by atoms with Gasteiger partial charge >= 0.3 is 5.97 Å². The van der Waals surface area contributed by atoms with E-state index in [9.17, 15) is 14.4 Å². The van der Waals surface area contributed by atoms with Crippen molar-refractivity contribution in [3.05, 3.63) is 38.5 Å². The third-order valence-electron chi connectivity index (χ3n) is 4.32. The first-order valence-corrected chi connectivity index (χ1v) is 12.4. The molecule has 1 heterocycles. The predicted molar refractivity (Wildman–Crippen MR) is 128 cm³/mol. The summed E-state index contributed by atoms with van der Waals surface area (Å²) in [6.45, 7) is -0.401. The van der Waals surface area contributed by atoms with Gasteiger partial charge in [0.05, 0.1) is 30.0 Å². The van der Waals surface area contributed by atoms with Crippen molar-refractivity contribution in [2.24, 2.45) is 0 Å². The Morgan fingerprint density at radius 2 is 1.75 bits per heavy atom. The lowest BCUT2D eigenvalue weighted by Gasteiger charge is -2.18. The van der Waals surface area contributed by atoms with Crippen LogP contribution in [-0.2, 0) is 9.53 Å². The molecule has 174 valence electrons. The summed E-state index contributed by atoms with van der Waals surface area (Å²) in [5.41, 5.74) is 0.223. The number of ether oxygens (including phenoxy) is 4. The van der Waals surface area contributed by atoms with Crippen LogP contribution in [0, 0.1) is 0 Å². The molecule has 0 unspecified atom stereocenters. The van der Waals surface area contributed by atoms with Crippen LogP contribution in [0.4, 0.5) is 0 Å². The Morgan fingerprint density at radius 3 is 2.25 bits per heavy atom. The lowest BCUT2D eigenvalue weighted by molar-refractivity contribution is -0.144. The minimum atomic E-state index is -0.920. The van der Waals surface area contributed by atoms with Crippen LogP contribution in [0.25, 0.3) is 0 Å². The Morgan fingerprint density at radius 1 is 1.09 bits per heavy atom. The van der Waals surface area contributed by atoms with Gasteiger partial charge in [-0.2, -0.15) is 11.8 Å². The summed E-state index contributed by atoms with van der Waals surface area (Å²) in [5.74, 6) is 0.0870. The molecule has 8 nitrogen and oxygen atoms in total. The Bertz CT molecular complexity index is 938. The second-order valence-electron chi connectivity index (χ2n) is 6.36. The van der Waals surface area contributed by atoms with Crippen LogP contribution in [-0.4, -0.2) is 63.6 Å². The first kappa shape index (κ1) is 26.0. The number of esters is 1. The van der Waals surface area contributed by atoms with E-state index in [-0.39, 0.29) is 11.3 Å². The first-order chi connectivity index (χ1) is 15.3. The number of hydrogen-bond donors (Lipinski definition) is 1. The number of methoxy groups -OCH3 is 3. The van der Waals surface area contributed by atoms with Crippen LogP contribution >= 0.6 is 39.0 Å². The quantitative estimate of drug-likeness (QED) is 0.317. The minimum Gasteiger partial charge on any atom is -0.493 e. The number of hydrogen-bond acceptors (Lipinski definition) is 9. The number of thiophene rings is 1. The lowest BCUT2D eigenvalue weighted by atomic mass is 10.1. The fourth-order valence-corrected chi connectivity index (χ4v) is 4.49. The second-order valence-corrected chi connectivity index (χ2v) is 9.80. The molecule has 11 heteroatoms. The van der Waals surface area contributed by atoms with Gasteiger partial charge in [-0.3, -0.25) is 9.59 Å². The van der Waals surface area contributed by atoms with E-state index in [1.54, 1.807) is 12.1 Å². The molecule has 0 aliphatic heterocycles. The standard InChI is InChI=1S/C21H24BrNO7S2/c1-27-15-9-12(10-16(28-2)19(15)29-3)20(25)23-13(7-8-31-4)21(26)30-11-14(24)17-5-6-18(22)32-17/h5-6,9-10,13H,7-8,11H2,1-4H3,(H,23,25)/t13-/m0/s1. The van der Waals surface area contributed by atoms with Crippen molar-refractivity contribution < 1.29 is 33.3 Å². The highest BCUT2D eigenvalue weighted by atomic mass is 79.9. The molecule has 1 N–H and O–H groups in total. The number of benzene rings is 1. The second kappa shape index (κ2) is 12.7. The van der Waals surface area contributed by atoms with Gasteiger partial charge in [0, 0.05) is 5.56 Å². The molecule has 0 saturated heterocycles. The van der Waals surface area contributed by atoms with E-state index in [1.807, 2.05) is 6.26 Å². The van der Waals surface area contributed by atoms with Gasteiger partial charge in [0.15, 0.2) is 18.1 Å². The van der Waals surface area contributed by atoms with Crippen LogP contribution in [0.2, 0.25) is 0 Å². The molecular weight excluding hydrogens is 522 g/mol. The van der Waals surface area contributed by atoms with Gasteiger partial charge in [-0.05, 0) is 58.6 Å². The largest absolute Gasteiger partial charge is 0.493 e. The molecule has 1 aromatic heterocycles. The summed E-state index contributed by atoms with van der Waals surface area (Å²) in [6.07, 6.45) is 2.23. The van der Waals surface area contributed by atoms with E-state index in [4.69, 9.17) is 18.9 Å². The molecule has 1 amide bonds. The van der Waals surface area contributed by atoms with Crippen LogP contribution in [0.5, 0.6) is 17.2 Å². The van der Waals surface area contributed by atoms with E-state index >= 15 is 0 Å². The molecule has 2 rings (SSSR count). The number of nitrogens with one attached hydrogen (secondary N) is 1. The molecule has 0 aliphatic rings. The Balaban J connectivity index is 2.12. The molecule has 1 aromatic carbocycles. The third-order valence-corrected chi connectivity index (χ3v) is 6.63. The molecule has 32 heavy (non-hydrogen) atoms. The number of halogens is 1. The monoisotopic (exact) mass is 545 g/mol. The highest BCUT2D eigenvalue weighted by Crippen LogP contribution is 2.38. The summed E-state index contributed by atoms with van der Waals surface area (Å²) >= 11 is 6.08. The number of amides is 1. The number of Topliss-reactive ketones (excluding diaryl/α,β-unsaturated/α-hetero) is 1. The fourth-order valence-electron chi connectivity index (χ4n) is 2.71. The van der Waals surface area contributed by atoms with Crippen LogP contribution in [0.3, 0.4) is 0 Å². The third kappa shape index (κ3) is 6.88. The van der Waals surface area contributed by atoms with Crippen molar-refractivity contribution in [2.75, 3.05) is 39.9 Å². The zero-order valence-corrected chi connectivity index (χ0v) is 21.3. The number of thioether (sulfide) groups is 1. The molecule has 0 saturated carbocycles. The summed E-state index contributed by atoms with van der Waals surface area (Å²) in [7, 11) is 4.35. The summed E-state index contributed by atoms with van der Waals surface area (Å²) in [6, 6.07) is 5.47. The van der Waals surface area contributed by atoms with Crippen molar-refractivity contribution in [3.63, 3.8) is 0 Å². The maximum absolute atomic E-state index is 12.9. The van der Waals surface area contributed by atoms with Gasteiger partial charge in [0.25, 0.3) is 5.91 Å². The Labute approximate surface area is 203 Å². The molecule has 0 aliphatic carbocycles. The zero-order chi connectivity index (χ0) is 23.7. The van der Waals surface area contributed by atoms with Crippen LogP contribution in [0.15, 0.2) is 28.1 Å². The summed E-state index contributed by atoms with van der Waals surface area (Å²) in [4.78, 5) is 38.2. The van der Waals surface area contributed by atoms with Crippen molar-refractivity contribution in [3.8, 4) is 17.2 Å². The summed E-state index contributed by atoms with van der Waals surface area (Å²) < 4.78 is 21.8. The number of carbonyl (C=O) groups excluding carboxylic acids is 3. The molecule has 2 aromatic rings. The topological polar surface area (TPSA) is 100 Å². The van der Waals surface area contributed by atoms with Crippen molar-refractivity contribution in [1.29, 1.82) is 0 Å². The predicted octanol–water partition coefficient (Wildman–Crippen LogP) is 3.81. The maximum atomic E-state index is 12.9. The average molecular weight is 546 g/mol. The van der Waals surface area contributed by atoms with Crippen molar-refractivity contribution >= 4 is 56.7 Å². The van der Waals surface area contributed by atoms with E-state index < -0.39 is 24.5 Å². The van der Waals surface area contributed by atoms with Gasteiger partial charge in [-0.25, -0.2) is 4.79 Å². The molecule has 1 atom stereocenters. The highest BCUT2D eigenvalue weighted by Gasteiger charge is 2.25. The Kier molecular flexibility index (Phi) is 10.3. The molecule has 0 fully saturated rings. The average Bonchev–Trinajstić information content (AvgIpc) is 3.24. The van der Waals surface area contributed by atoms with E-state index in [1.165, 1.54) is 56.6 Å². The zero-order valence-electron chi connectivity index (χ0n) is 18.1. The highest BCUT2D eigenvalue weighted by molar-refractivity contribution is 9.11. The van der Waals surface area contributed by atoms with Gasteiger partial charge in [-0.15, -0.1) is 11.3 Å². The number of rotatable bonds is 12.